The molecule has 2 aromatic rings. The lowest BCUT2D eigenvalue weighted by atomic mass is 10.2. The highest BCUT2D eigenvalue weighted by Crippen LogP contribution is 2.24. The van der Waals surface area contributed by atoms with Crippen molar-refractivity contribution in [2.24, 2.45) is 0 Å². The number of esters is 1. The maximum absolute atomic E-state index is 11.5. The largest absolute Gasteiger partial charge is 0.491 e. The van der Waals surface area contributed by atoms with Crippen LogP contribution in [-0.4, -0.2) is 54.4 Å². The van der Waals surface area contributed by atoms with Gasteiger partial charge in [0.25, 0.3) is 0 Å². The average molecular weight is 469 g/mol. The molecule has 160 valence electrons. The topological polar surface area (TPSA) is 71.8 Å². The van der Waals surface area contributed by atoms with E-state index >= 15 is 0 Å². The van der Waals surface area contributed by atoms with Gasteiger partial charge in [-0.15, -0.1) is 0 Å². The second-order valence-electron chi connectivity index (χ2n) is 7.58. The quantitative estimate of drug-likeness (QED) is 0.387. The van der Waals surface area contributed by atoms with Crippen LogP contribution in [0.15, 0.2) is 28.7 Å². The summed E-state index contributed by atoms with van der Waals surface area (Å²) in [5.41, 5.74) is 2.44. The highest BCUT2D eigenvalue weighted by atomic mass is 79.9. The summed E-state index contributed by atoms with van der Waals surface area (Å²) in [5, 5.41) is 4.50. The van der Waals surface area contributed by atoms with Crippen LogP contribution in [0.5, 0.6) is 5.75 Å². The Morgan fingerprint density at radius 3 is 2.38 bits per heavy atom. The molecule has 0 atom stereocenters. The van der Waals surface area contributed by atoms with Gasteiger partial charge in [0.1, 0.15) is 24.6 Å². The number of ether oxygens (including phenoxy) is 4. The lowest BCUT2D eigenvalue weighted by molar-refractivity contribution is -0.160. The van der Waals surface area contributed by atoms with Crippen LogP contribution in [0.1, 0.15) is 32.2 Å². The van der Waals surface area contributed by atoms with Crippen molar-refractivity contribution in [2.45, 2.75) is 40.2 Å². The normalized spacial score (nSPS) is 11.5. The number of nitrogens with zero attached hydrogens (tertiary/aromatic N) is 2. The van der Waals surface area contributed by atoms with E-state index in [1.807, 2.05) is 63.6 Å². The standard InChI is InChI=1S/C21H29BrN2O5/c1-15-10-16(2)24(23-15)18-11-17(22)12-19(13-18)28-9-8-26-6-7-27-14-20(25)29-21(3,4)5/h10-13H,6-9,14H2,1-5H3. The Kier molecular flexibility index (Phi) is 8.67. The van der Waals surface area contributed by atoms with Gasteiger partial charge >= 0.3 is 5.97 Å². The van der Waals surface area contributed by atoms with Gasteiger partial charge in [-0.3, -0.25) is 0 Å². The van der Waals surface area contributed by atoms with Crippen molar-refractivity contribution in [3.8, 4) is 11.4 Å². The second kappa shape index (κ2) is 10.8. The van der Waals surface area contributed by atoms with E-state index in [2.05, 4.69) is 21.0 Å². The molecule has 29 heavy (non-hydrogen) atoms. The number of carbonyl (C=O) groups is 1. The molecule has 0 amide bonds. The van der Waals surface area contributed by atoms with Crippen LogP contribution in [0.25, 0.3) is 5.69 Å². The maximum atomic E-state index is 11.5. The highest BCUT2D eigenvalue weighted by Gasteiger charge is 2.15. The molecule has 0 bridgehead atoms. The number of hydrogen-bond donors (Lipinski definition) is 0. The molecule has 0 saturated carbocycles. The van der Waals surface area contributed by atoms with Gasteiger partial charge in [0.15, 0.2) is 0 Å². The van der Waals surface area contributed by atoms with E-state index in [0.29, 0.717) is 26.4 Å². The maximum Gasteiger partial charge on any atom is 0.332 e. The Hall–Kier alpha value is -1.90. The third-order valence-corrected chi connectivity index (χ3v) is 4.08. The molecule has 7 nitrogen and oxygen atoms in total. The highest BCUT2D eigenvalue weighted by molar-refractivity contribution is 9.10. The van der Waals surface area contributed by atoms with Crippen LogP contribution < -0.4 is 4.74 Å². The van der Waals surface area contributed by atoms with Crippen molar-refractivity contribution >= 4 is 21.9 Å². The fourth-order valence-corrected chi connectivity index (χ4v) is 3.07. The summed E-state index contributed by atoms with van der Waals surface area (Å²) in [6.45, 7) is 10.9. The summed E-state index contributed by atoms with van der Waals surface area (Å²) in [6.07, 6.45) is 0. The van der Waals surface area contributed by atoms with Gasteiger partial charge < -0.3 is 18.9 Å². The zero-order valence-corrected chi connectivity index (χ0v) is 19.2. The summed E-state index contributed by atoms with van der Waals surface area (Å²) in [4.78, 5) is 11.5. The lowest BCUT2D eigenvalue weighted by Crippen LogP contribution is -2.27. The molecule has 0 fully saturated rings. The first-order chi connectivity index (χ1) is 13.6. The molecule has 0 aliphatic carbocycles. The Balaban J connectivity index is 1.68. The lowest BCUT2D eigenvalue weighted by Gasteiger charge is -2.19. The molecule has 0 aliphatic heterocycles. The first-order valence-corrected chi connectivity index (χ1v) is 10.3. The smallest absolute Gasteiger partial charge is 0.332 e. The summed E-state index contributed by atoms with van der Waals surface area (Å²) >= 11 is 3.52. The van der Waals surface area contributed by atoms with Crippen molar-refractivity contribution in [3.63, 3.8) is 0 Å². The molecule has 0 radical (unpaired) electrons. The Bertz CT molecular complexity index is 814. The molecular weight excluding hydrogens is 440 g/mol. The van der Waals surface area contributed by atoms with E-state index in [9.17, 15) is 4.79 Å². The van der Waals surface area contributed by atoms with Crippen molar-refractivity contribution in [3.05, 3.63) is 40.1 Å². The fourth-order valence-electron chi connectivity index (χ4n) is 2.61. The van der Waals surface area contributed by atoms with Crippen LogP contribution in [0.2, 0.25) is 0 Å². The molecule has 8 heteroatoms. The summed E-state index contributed by atoms with van der Waals surface area (Å²) < 4.78 is 24.5. The predicted molar refractivity (Wildman–Crippen MR) is 114 cm³/mol. The number of aryl methyl sites for hydroxylation is 2. The second-order valence-corrected chi connectivity index (χ2v) is 8.50. The summed E-state index contributed by atoms with van der Waals surface area (Å²) in [5.74, 6) is 0.348. The van der Waals surface area contributed by atoms with Gasteiger partial charge in [-0.1, -0.05) is 15.9 Å². The zero-order valence-electron chi connectivity index (χ0n) is 17.7. The summed E-state index contributed by atoms with van der Waals surface area (Å²) in [7, 11) is 0. The number of carbonyl (C=O) groups excluding carboxylic acids is 1. The van der Waals surface area contributed by atoms with Crippen molar-refractivity contribution in [2.75, 3.05) is 33.0 Å². The number of hydrogen-bond acceptors (Lipinski definition) is 6. The minimum Gasteiger partial charge on any atom is -0.491 e. The molecule has 0 N–H and O–H groups in total. The average Bonchev–Trinajstić information content (AvgIpc) is 2.93. The van der Waals surface area contributed by atoms with Crippen LogP contribution in [0.3, 0.4) is 0 Å². The van der Waals surface area contributed by atoms with Crippen molar-refractivity contribution < 1.29 is 23.7 Å². The van der Waals surface area contributed by atoms with E-state index in [1.54, 1.807) is 0 Å². The number of benzene rings is 1. The monoisotopic (exact) mass is 468 g/mol. The first-order valence-electron chi connectivity index (χ1n) is 9.48. The third kappa shape index (κ3) is 8.55. The summed E-state index contributed by atoms with van der Waals surface area (Å²) in [6, 6.07) is 7.86. The van der Waals surface area contributed by atoms with Gasteiger partial charge in [-0.05, 0) is 52.8 Å². The Morgan fingerprint density at radius 1 is 1.03 bits per heavy atom. The molecule has 1 aromatic carbocycles. The van der Waals surface area contributed by atoms with E-state index < -0.39 is 5.60 Å². The van der Waals surface area contributed by atoms with Gasteiger partial charge in [0, 0.05) is 16.2 Å². The number of rotatable bonds is 10. The minimum absolute atomic E-state index is 0.0791. The SMILES string of the molecule is Cc1cc(C)n(-c2cc(Br)cc(OCCOCCOCC(=O)OC(C)(C)C)c2)n1. The van der Waals surface area contributed by atoms with E-state index in [4.69, 9.17) is 18.9 Å². The zero-order chi connectivity index (χ0) is 21.4. The van der Waals surface area contributed by atoms with E-state index in [1.165, 1.54) is 0 Å². The van der Waals surface area contributed by atoms with Gasteiger partial charge in [-0.2, -0.15) is 5.10 Å². The predicted octanol–water partition coefficient (Wildman–Crippen LogP) is 4.01. The molecule has 0 unspecified atom stereocenters. The Morgan fingerprint density at radius 2 is 1.72 bits per heavy atom. The number of halogens is 1. The van der Waals surface area contributed by atoms with E-state index in [0.717, 1.165) is 27.3 Å². The van der Waals surface area contributed by atoms with Gasteiger partial charge in [0.2, 0.25) is 0 Å². The van der Waals surface area contributed by atoms with Gasteiger partial charge in [0.05, 0.1) is 31.2 Å². The molecule has 0 spiro atoms. The molecule has 0 aliphatic rings. The Labute approximate surface area is 180 Å². The number of aromatic nitrogens is 2. The van der Waals surface area contributed by atoms with Gasteiger partial charge in [-0.25, -0.2) is 9.48 Å². The molecule has 1 aromatic heterocycles. The first kappa shape index (κ1) is 23.4. The van der Waals surface area contributed by atoms with Crippen LogP contribution in [0, 0.1) is 13.8 Å². The molecule has 1 heterocycles. The fraction of sp³-hybridized carbons (Fsp3) is 0.524. The van der Waals surface area contributed by atoms with Crippen LogP contribution in [0.4, 0.5) is 0 Å². The molecule has 2 rings (SSSR count). The van der Waals surface area contributed by atoms with E-state index in [-0.39, 0.29) is 12.6 Å². The minimum atomic E-state index is -0.504. The molecular formula is C21H29BrN2O5. The molecule has 0 saturated heterocycles. The van der Waals surface area contributed by atoms with Crippen molar-refractivity contribution in [1.82, 2.24) is 9.78 Å². The van der Waals surface area contributed by atoms with Crippen LogP contribution >= 0.6 is 15.9 Å². The van der Waals surface area contributed by atoms with Crippen molar-refractivity contribution in [1.29, 1.82) is 0 Å². The third-order valence-electron chi connectivity index (χ3n) is 3.62. The van der Waals surface area contributed by atoms with Crippen LogP contribution in [-0.2, 0) is 19.0 Å².